The second-order valence-corrected chi connectivity index (χ2v) is 7.23. The molecule has 1 unspecified atom stereocenters. The van der Waals surface area contributed by atoms with Crippen molar-refractivity contribution in [3.63, 3.8) is 0 Å². The molecule has 0 bridgehead atoms. The predicted molar refractivity (Wildman–Crippen MR) is 89.1 cm³/mol. The fourth-order valence-corrected chi connectivity index (χ4v) is 4.00. The molecule has 2 fully saturated rings. The number of piperidine rings is 1. The van der Waals surface area contributed by atoms with Crippen molar-refractivity contribution >= 4 is 17.7 Å². The average molecular weight is 339 g/mol. The van der Waals surface area contributed by atoms with Crippen LogP contribution in [0.3, 0.4) is 0 Å². The highest BCUT2D eigenvalue weighted by atomic mass is 16.3. The summed E-state index contributed by atoms with van der Waals surface area (Å²) in [5.41, 5.74) is -2.05. The first-order valence-electron chi connectivity index (χ1n) is 8.81. The van der Waals surface area contributed by atoms with E-state index in [-0.39, 0.29) is 30.7 Å². The minimum Gasteiger partial charge on any atom is -0.388 e. The number of nitrogens with zero attached hydrogens (tertiary/aromatic N) is 1. The number of hydrogen-bond acceptors (Lipinski definition) is 4. The molecule has 0 aromatic carbocycles. The lowest BCUT2D eigenvalue weighted by Crippen LogP contribution is -2.63. The number of β-amino-alcohol motifs (C(OH)–C–C–N with tert-alkyl or cyclic N) is 1. The molecule has 7 heteroatoms. The van der Waals surface area contributed by atoms with Crippen LogP contribution < -0.4 is 10.6 Å². The van der Waals surface area contributed by atoms with E-state index < -0.39 is 11.1 Å². The van der Waals surface area contributed by atoms with Gasteiger partial charge in [0.25, 0.3) is 0 Å². The third-order valence-electron chi connectivity index (χ3n) is 5.14. The standard InChI is InChI=1S/C17H29N3O4/c1-13(21)19-17(8-4-3-5-9-17)15(23)20-10-6-7-16(24,12-20)11-14(22)18-2/h24H,3-12H2,1-2H3,(H,18,22)(H,19,21). The van der Waals surface area contributed by atoms with Gasteiger partial charge in [-0.25, -0.2) is 0 Å². The van der Waals surface area contributed by atoms with E-state index in [1.165, 1.54) is 14.0 Å². The van der Waals surface area contributed by atoms with Crippen LogP contribution in [0.15, 0.2) is 0 Å². The Morgan fingerprint density at radius 3 is 2.33 bits per heavy atom. The maximum atomic E-state index is 13.2. The molecule has 3 N–H and O–H groups in total. The van der Waals surface area contributed by atoms with E-state index in [0.717, 1.165) is 19.3 Å². The Hall–Kier alpha value is -1.63. The van der Waals surface area contributed by atoms with E-state index in [1.807, 2.05) is 0 Å². The Kier molecular flexibility index (Phi) is 5.85. The minimum absolute atomic E-state index is 0.0135. The second-order valence-electron chi connectivity index (χ2n) is 7.23. The number of hydrogen-bond donors (Lipinski definition) is 3. The number of carbonyl (C=O) groups excluding carboxylic acids is 3. The van der Waals surface area contributed by atoms with E-state index in [2.05, 4.69) is 10.6 Å². The van der Waals surface area contributed by atoms with Crippen LogP contribution in [0.5, 0.6) is 0 Å². The number of aliphatic hydroxyl groups is 1. The summed E-state index contributed by atoms with van der Waals surface area (Å²) >= 11 is 0. The van der Waals surface area contributed by atoms with Gasteiger partial charge in [-0.3, -0.25) is 14.4 Å². The quantitative estimate of drug-likeness (QED) is 0.687. The summed E-state index contributed by atoms with van der Waals surface area (Å²) in [4.78, 5) is 38.1. The first-order valence-corrected chi connectivity index (χ1v) is 8.81. The lowest BCUT2D eigenvalue weighted by atomic mass is 9.79. The molecule has 7 nitrogen and oxygen atoms in total. The molecule has 1 aliphatic carbocycles. The third-order valence-corrected chi connectivity index (χ3v) is 5.14. The molecule has 136 valence electrons. The lowest BCUT2D eigenvalue weighted by Gasteiger charge is -2.45. The van der Waals surface area contributed by atoms with Crippen molar-refractivity contribution in [1.29, 1.82) is 0 Å². The number of amides is 3. The van der Waals surface area contributed by atoms with Crippen LogP contribution in [-0.2, 0) is 14.4 Å². The Balaban J connectivity index is 2.14. The van der Waals surface area contributed by atoms with E-state index >= 15 is 0 Å². The van der Waals surface area contributed by atoms with Crippen molar-refractivity contribution in [1.82, 2.24) is 15.5 Å². The highest BCUT2D eigenvalue weighted by Gasteiger charge is 2.46. The van der Waals surface area contributed by atoms with Crippen molar-refractivity contribution in [2.75, 3.05) is 20.1 Å². The molecule has 24 heavy (non-hydrogen) atoms. The number of rotatable bonds is 4. The summed E-state index contributed by atoms with van der Waals surface area (Å²) in [5.74, 6) is -0.559. The van der Waals surface area contributed by atoms with E-state index in [1.54, 1.807) is 4.90 Å². The van der Waals surface area contributed by atoms with E-state index in [4.69, 9.17) is 0 Å². The van der Waals surface area contributed by atoms with Crippen molar-refractivity contribution in [3.8, 4) is 0 Å². The van der Waals surface area contributed by atoms with Crippen LogP contribution in [0.1, 0.15) is 58.3 Å². The second kappa shape index (κ2) is 7.51. The Morgan fingerprint density at radius 2 is 1.75 bits per heavy atom. The molecule has 0 aromatic rings. The molecule has 1 saturated heterocycles. The van der Waals surface area contributed by atoms with Gasteiger partial charge < -0.3 is 20.6 Å². The smallest absolute Gasteiger partial charge is 0.248 e. The first-order chi connectivity index (χ1) is 11.3. The van der Waals surface area contributed by atoms with Crippen LogP contribution in [0.25, 0.3) is 0 Å². The maximum absolute atomic E-state index is 13.2. The van der Waals surface area contributed by atoms with E-state index in [0.29, 0.717) is 32.2 Å². The molecule has 0 aromatic heterocycles. The van der Waals surface area contributed by atoms with Gasteiger partial charge in [0.1, 0.15) is 5.54 Å². The summed E-state index contributed by atoms with van der Waals surface area (Å²) in [6, 6.07) is 0. The highest BCUT2D eigenvalue weighted by Crippen LogP contribution is 2.33. The van der Waals surface area contributed by atoms with Gasteiger partial charge in [-0.2, -0.15) is 0 Å². The molecular formula is C17H29N3O4. The van der Waals surface area contributed by atoms with E-state index in [9.17, 15) is 19.5 Å². The number of likely N-dealkylation sites (tertiary alicyclic amines) is 1. The number of carbonyl (C=O) groups is 3. The van der Waals surface area contributed by atoms with Crippen LogP contribution in [0.2, 0.25) is 0 Å². The molecule has 3 amide bonds. The van der Waals surface area contributed by atoms with Gasteiger partial charge in [0.15, 0.2) is 0 Å². The molecule has 1 aliphatic heterocycles. The number of nitrogens with one attached hydrogen (secondary N) is 2. The average Bonchev–Trinajstić information content (AvgIpc) is 2.53. The largest absolute Gasteiger partial charge is 0.388 e. The Labute approximate surface area is 143 Å². The van der Waals surface area contributed by atoms with Crippen molar-refractivity contribution < 1.29 is 19.5 Å². The molecule has 0 radical (unpaired) electrons. The van der Waals surface area contributed by atoms with Crippen LogP contribution >= 0.6 is 0 Å². The summed E-state index contributed by atoms with van der Waals surface area (Å²) in [5, 5.41) is 16.1. The first kappa shape index (κ1) is 18.7. The van der Waals surface area contributed by atoms with Crippen LogP contribution in [-0.4, -0.2) is 59.0 Å². The molecule has 1 saturated carbocycles. The van der Waals surface area contributed by atoms with Crippen molar-refractivity contribution in [3.05, 3.63) is 0 Å². The fourth-order valence-electron chi connectivity index (χ4n) is 4.00. The predicted octanol–water partition coefficient (Wildman–Crippen LogP) is 0.315. The molecule has 1 heterocycles. The van der Waals surface area contributed by atoms with Gasteiger partial charge in [-0.05, 0) is 25.7 Å². The molecule has 2 aliphatic rings. The highest BCUT2D eigenvalue weighted by molar-refractivity contribution is 5.91. The summed E-state index contributed by atoms with van der Waals surface area (Å²) < 4.78 is 0. The SMILES string of the molecule is CNC(=O)CC1(O)CCCN(C(=O)C2(NC(C)=O)CCCCC2)C1. The summed E-state index contributed by atoms with van der Waals surface area (Å²) in [7, 11) is 1.53. The molecule has 0 spiro atoms. The van der Waals surface area contributed by atoms with Gasteiger partial charge in [-0.15, -0.1) is 0 Å². The van der Waals surface area contributed by atoms with Crippen LogP contribution in [0, 0.1) is 0 Å². The fraction of sp³-hybridized carbons (Fsp3) is 0.824. The third kappa shape index (κ3) is 4.26. The molecule has 1 atom stereocenters. The Morgan fingerprint density at radius 1 is 1.08 bits per heavy atom. The van der Waals surface area contributed by atoms with Crippen molar-refractivity contribution in [2.45, 2.75) is 69.4 Å². The van der Waals surface area contributed by atoms with Crippen molar-refractivity contribution in [2.24, 2.45) is 0 Å². The zero-order valence-corrected chi connectivity index (χ0v) is 14.7. The van der Waals surface area contributed by atoms with Gasteiger partial charge >= 0.3 is 0 Å². The topological polar surface area (TPSA) is 98.7 Å². The summed E-state index contributed by atoms with van der Waals surface area (Å²) in [6.07, 6.45) is 5.28. The molecular weight excluding hydrogens is 310 g/mol. The van der Waals surface area contributed by atoms with Gasteiger partial charge in [0.05, 0.1) is 12.0 Å². The lowest BCUT2D eigenvalue weighted by molar-refractivity contribution is -0.151. The van der Waals surface area contributed by atoms with Crippen LogP contribution in [0.4, 0.5) is 0 Å². The maximum Gasteiger partial charge on any atom is 0.248 e. The minimum atomic E-state index is -1.19. The Bertz CT molecular complexity index is 502. The summed E-state index contributed by atoms with van der Waals surface area (Å²) in [6.45, 7) is 2.12. The normalized spacial score (nSPS) is 26.5. The monoisotopic (exact) mass is 339 g/mol. The van der Waals surface area contributed by atoms with Gasteiger partial charge in [0, 0.05) is 27.1 Å². The zero-order valence-electron chi connectivity index (χ0n) is 14.7. The van der Waals surface area contributed by atoms with Gasteiger partial charge in [0.2, 0.25) is 17.7 Å². The molecule has 2 rings (SSSR count). The van der Waals surface area contributed by atoms with Gasteiger partial charge in [-0.1, -0.05) is 19.3 Å². The zero-order chi connectivity index (χ0) is 17.8.